The molecule has 3 rings (SSSR count). The minimum Gasteiger partial charge on any atom is -0.623 e. The summed E-state index contributed by atoms with van der Waals surface area (Å²) in [6, 6.07) is 8.73. The van der Waals surface area contributed by atoms with Crippen LogP contribution in [0, 0.1) is 5.21 Å². The second-order valence-electron chi connectivity index (χ2n) is 7.60. The molecule has 0 fully saturated rings. The van der Waals surface area contributed by atoms with Crippen molar-refractivity contribution in [3.8, 4) is 0 Å². The van der Waals surface area contributed by atoms with Gasteiger partial charge in [-0.25, -0.2) is 9.72 Å². The molecule has 11 nitrogen and oxygen atoms in total. The molecule has 166 valence electrons. The van der Waals surface area contributed by atoms with Crippen LogP contribution in [0.5, 0.6) is 0 Å². The first-order valence-corrected chi connectivity index (χ1v) is 11.7. The van der Waals surface area contributed by atoms with Crippen molar-refractivity contribution in [2.24, 2.45) is 0 Å². The third kappa shape index (κ3) is 4.54. The van der Waals surface area contributed by atoms with Gasteiger partial charge in [-0.3, -0.25) is 9.11 Å². The fourth-order valence-corrected chi connectivity index (χ4v) is 4.19. The SMILES string of the molecule is CC(C)(C)[N+]([O-])=Cc1c(S(=O)(=O)O)nc(N(c2ccccc2)S(=O)(=O)O)c2[nH]ccc12. The van der Waals surface area contributed by atoms with E-state index in [0.717, 1.165) is 6.21 Å². The van der Waals surface area contributed by atoms with Crippen molar-refractivity contribution in [1.29, 1.82) is 0 Å². The molecular formula is C18H20N4O7S2. The molecule has 0 radical (unpaired) electrons. The van der Waals surface area contributed by atoms with Gasteiger partial charge in [-0.05, 0) is 18.2 Å². The zero-order chi connectivity index (χ0) is 23.2. The van der Waals surface area contributed by atoms with Crippen molar-refractivity contribution < 1.29 is 30.7 Å². The van der Waals surface area contributed by atoms with Gasteiger partial charge in [0.25, 0.3) is 0 Å². The van der Waals surface area contributed by atoms with Crippen LogP contribution in [0.1, 0.15) is 26.3 Å². The third-order valence-electron chi connectivity index (χ3n) is 4.26. The Balaban J connectivity index is 2.46. The lowest BCUT2D eigenvalue weighted by Gasteiger charge is -2.22. The fraction of sp³-hybridized carbons (Fsp3) is 0.222. The van der Waals surface area contributed by atoms with Gasteiger partial charge in [-0.2, -0.15) is 21.1 Å². The largest absolute Gasteiger partial charge is 0.623 e. The molecule has 0 saturated heterocycles. The Morgan fingerprint density at radius 2 is 1.71 bits per heavy atom. The van der Waals surface area contributed by atoms with Crippen molar-refractivity contribution in [3.05, 3.63) is 53.4 Å². The van der Waals surface area contributed by atoms with Gasteiger partial charge in [-0.15, -0.1) is 0 Å². The molecule has 0 amide bonds. The predicted molar refractivity (Wildman–Crippen MR) is 115 cm³/mol. The van der Waals surface area contributed by atoms with Crippen LogP contribution >= 0.6 is 0 Å². The van der Waals surface area contributed by atoms with E-state index < -0.39 is 36.8 Å². The molecule has 0 spiro atoms. The summed E-state index contributed by atoms with van der Waals surface area (Å²) in [4.78, 5) is 6.59. The first kappa shape index (κ1) is 22.7. The lowest BCUT2D eigenvalue weighted by molar-refractivity contribution is -0.530. The Labute approximate surface area is 178 Å². The standard InChI is InChI=1S/C18H20N4O7S2/c1-18(2,3)21(23)11-14-13-9-10-19-15(13)16(20-17(14)30(24,25)26)22(31(27,28)29)12-7-5-4-6-8-12/h4-11,19H,1-3H3,(H,24,25,26)(H,27,28,29). The molecule has 0 aliphatic heterocycles. The summed E-state index contributed by atoms with van der Waals surface area (Å²) in [5.74, 6) is -0.508. The van der Waals surface area contributed by atoms with Gasteiger partial charge in [-0.1, -0.05) is 18.2 Å². The molecule has 0 atom stereocenters. The second kappa shape index (κ2) is 7.60. The third-order valence-corrected chi connectivity index (χ3v) is 5.91. The van der Waals surface area contributed by atoms with Crippen molar-refractivity contribution in [3.63, 3.8) is 0 Å². The molecule has 0 aliphatic rings. The van der Waals surface area contributed by atoms with E-state index >= 15 is 0 Å². The minimum absolute atomic E-state index is 0.0161. The number of hydrogen-bond acceptors (Lipinski definition) is 6. The maximum Gasteiger partial charge on any atom is 0.365 e. The minimum atomic E-state index is -5.00. The Kier molecular flexibility index (Phi) is 5.56. The van der Waals surface area contributed by atoms with Gasteiger partial charge in [0.15, 0.2) is 22.6 Å². The number of aromatic amines is 1. The average Bonchev–Trinajstić information content (AvgIpc) is 3.11. The monoisotopic (exact) mass is 468 g/mol. The summed E-state index contributed by atoms with van der Waals surface area (Å²) >= 11 is 0. The lowest BCUT2D eigenvalue weighted by atomic mass is 10.1. The number of para-hydroxylation sites is 1. The van der Waals surface area contributed by atoms with Gasteiger partial charge in [0.05, 0.1) is 16.8 Å². The van der Waals surface area contributed by atoms with Crippen LogP contribution in [-0.2, 0) is 20.4 Å². The number of hydrogen-bond donors (Lipinski definition) is 3. The van der Waals surface area contributed by atoms with Crippen LogP contribution in [-0.4, -0.2) is 52.4 Å². The van der Waals surface area contributed by atoms with Crippen LogP contribution in [0.15, 0.2) is 47.6 Å². The van der Waals surface area contributed by atoms with E-state index in [0.29, 0.717) is 9.04 Å². The highest BCUT2D eigenvalue weighted by Crippen LogP contribution is 2.35. The van der Waals surface area contributed by atoms with Crippen LogP contribution < -0.4 is 4.31 Å². The molecule has 1 aromatic carbocycles. The molecule has 0 aliphatic carbocycles. The van der Waals surface area contributed by atoms with E-state index in [-0.39, 0.29) is 22.2 Å². The van der Waals surface area contributed by atoms with Gasteiger partial charge >= 0.3 is 20.4 Å². The topological polar surface area (TPSA) is 167 Å². The zero-order valence-corrected chi connectivity index (χ0v) is 18.3. The molecule has 0 unspecified atom stereocenters. The van der Waals surface area contributed by atoms with E-state index in [1.54, 1.807) is 26.8 Å². The highest BCUT2D eigenvalue weighted by atomic mass is 32.2. The highest BCUT2D eigenvalue weighted by Gasteiger charge is 2.32. The molecule has 31 heavy (non-hydrogen) atoms. The molecular weight excluding hydrogens is 448 g/mol. The smallest absolute Gasteiger partial charge is 0.365 e. The molecule has 0 saturated carbocycles. The summed E-state index contributed by atoms with van der Waals surface area (Å²) in [7, 11) is -9.97. The van der Waals surface area contributed by atoms with Crippen LogP contribution in [0.4, 0.5) is 11.5 Å². The number of nitrogens with zero attached hydrogens (tertiary/aromatic N) is 3. The molecule has 0 bridgehead atoms. The molecule has 2 aromatic heterocycles. The highest BCUT2D eigenvalue weighted by molar-refractivity contribution is 7.87. The van der Waals surface area contributed by atoms with Crippen LogP contribution in [0.25, 0.3) is 10.9 Å². The molecule has 2 heterocycles. The Morgan fingerprint density at radius 1 is 1.10 bits per heavy atom. The maximum atomic E-state index is 12.5. The van der Waals surface area contributed by atoms with E-state index in [4.69, 9.17) is 0 Å². The van der Waals surface area contributed by atoms with Crippen molar-refractivity contribution in [1.82, 2.24) is 9.97 Å². The van der Waals surface area contributed by atoms with Crippen LogP contribution in [0.2, 0.25) is 0 Å². The summed E-state index contributed by atoms with van der Waals surface area (Å²) in [6.45, 7) is 4.78. The first-order chi connectivity index (χ1) is 14.2. The quantitative estimate of drug-likeness (QED) is 0.169. The lowest BCUT2D eigenvalue weighted by Crippen LogP contribution is -2.30. The number of benzene rings is 1. The summed E-state index contributed by atoms with van der Waals surface area (Å²) in [6.07, 6.45) is 2.33. The van der Waals surface area contributed by atoms with E-state index in [9.17, 15) is 31.1 Å². The summed E-state index contributed by atoms with van der Waals surface area (Å²) in [5.41, 5.74) is -1.20. The molecule has 3 aromatic rings. The number of H-pyrrole nitrogens is 1. The Hall–Kier alpha value is -3.00. The van der Waals surface area contributed by atoms with E-state index in [2.05, 4.69) is 9.97 Å². The van der Waals surface area contributed by atoms with Crippen molar-refractivity contribution in [2.45, 2.75) is 31.3 Å². The Morgan fingerprint density at radius 3 is 2.23 bits per heavy atom. The van der Waals surface area contributed by atoms with Gasteiger partial charge < -0.3 is 10.2 Å². The number of fused-ring (bicyclic) bond motifs is 1. The fourth-order valence-electron chi connectivity index (χ4n) is 2.81. The number of hydroxylamine groups is 1. The number of nitrogens with one attached hydrogen (secondary N) is 1. The predicted octanol–water partition coefficient (Wildman–Crippen LogP) is 2.48. The second-order valence-corrected chi connectivity index (χ2v) is 10.2. The number of pyridine rings is 1. The maximum absolute atomic E-state index is 12.5. The zero-order valence-electron chi connectivity index (χ0n) is 16.7. The van der Waals surface area contributed by atoms with Gasteiger partial charge in [0.2, 0.25) is 0 Å². The van der Waals surface area contributed by atoms with E-state index in [1.807, 2.05) is 0 Å². The number of aromatic nitrogens is 2. The van der Waals surface area contributed by atoms with E-state index in [1.165, 1.54) is 36.5 Å². The van der Waals surface area contributed by atoms with Crippen molar-refractivity contribution in [2.75, 3.05) is 4.31 Å². The Bertz CT molecular complexity index is 1370. The number of rotatable bonds is 5. The number of anilines is 2. The van der Waals surface area contributed by atoms with Gasteiger partial charge in [0.1, 0.15) is 0 Å². The van der Waals surface area contributed by atoms with Gasteiger partial charge in [0, 0.05) is 32.4 Å². The molecule has 13 heteroatoms. The normalized spacial score (nSPS) is 13.5. The van der Waals surface area contributed by atoms with Crippen molar-refractivity contribution >= 4 is 49.0 Å². The molecule has 3 N–H and O–H groups in total. The summed E-state index contributed by atoms with van der Waals surface area (Å²) < 4.78 is 69.2. The average molecular weight is 469 g/mol. The first-order valence-electron chi connectivity index (χ1n) is 8.84. The summed E-state index contributed by atoms with van der Waals surface area (Å²) in [5, 5.41) is 11.6. The van der Waals surface area contributed by atoms with Crippen LogP contribution in [0.3, 0.4) is 0 Å².